The Morgan fingerprint density at radius 2 is 2.02 bits per heavy atom. The summed E-state index contributed by atoms with van der Waals surface area (Å²) in [6.45, 7) is 14.6. The van der Waals surface area contributed by atoms with Crippen molar-refractivity contribution in [2.75, 3.05) is 25.0 Å². The van der Waals surface area contributed by atoms with E-state index < -0.39 is 5.82 Å². The molecule has 2 N–H and O–H groups in total. The van der Waals surface area contributed by atoms with Gasteiger partial charge in [-0.05, 0) is 80.3 Å². The number of H-pyrrole nitrogens is 1. The van der Waals surface area contributed by atoms with Crippen LogP contribution in [0.25, 0.3) is 32.4 Å². The van der Waals surface area contributed by atoms with Crippen LogP contribution in [0.3, 0.4) is 0 Å². The number of hydrogen-bond acceptors (Lipinski definition) is 7. The van der Waals surface area contributed by atoms with Gasteiger partial charge in [0.25, 0.3) is 5.91 Å². The van der Waals surface area contributed by atoms with Crippen molar-refractivity contribution < 1.29 is 18.7 Å². The summed E-state index contributed by atoms with van der Waals surface area (Å²) in [5.74, 6) is 0.694. The van der Waals surface area contributed by atoms with Gasteiger partial charge in [-0.3, -0.25) is 14.8 Å². The van der Waals surface area contributed by atoms with Crippen molar-refractivity contribution in [1.29, 1.82) is 0 Å². The molecule has 3 aromatic heterocycles. The van der Waals surface area contributed by atoms with Gasteiger partial charge in [0.05, 0.1) is 48.0 Å². The summed E-state index contributed by atoms with van der Waals surface area (Å²) in [4.78, 5) is 28.9. The summed E-state index contributed by atoms with van der Waals surface area (Å²) < 4.78 is 28.2. The molecule has 1 unspecified atom stereocenters. The average Bonchev–Trinajstić information content (AvgIpc) is 3.68. The number of halogens is 1. The van der Waals surface area contributed by atoms with E-state index in [1.165, 1.54) is 6.07 Å². The number of nitrogens with one attached hydrogen (secondary N) is 2. The molecule has 1 amide bonds. The van der Waals surface area contributed by atoms with E-state index in [4.69, 9.17) is 26.0 Å². The van der Waals surface area contributed by atoms with Crippen molar-refractivity contribution in [3.8, 4) is 5.88 Å². The number of imidazole rings is 1. The minimum absolute atomic E-state index is 0.0220. The van der Waals surface area contributed by atoms with Crippen molar-refractivity contribution in [2.45, 2.75) is 52.5 Å². The average molecular weight is 697 g/mol. The van der Waals surface area contributed by atoms with E-state index in [2.05, 4.69) is 35.9 Å². The minimum atomic E-state index is -0.468. The lowest BCUT2D eigenvalue weighted by atomic mass is 10.0. The zero-order chi connectivity index (χ0) is 35.8. The van der Waals surface area contributed by atoms with E-state index >= 15 is 0 Å². The molecule has 52 heavy (non-hydrogen) atoms. The Hall–Kier alpha value is -5.90. The molecule has 3 aromatic carbocycles. The maximum absolute atomic E-state index is 14.4. The molecule has 11 nitrogen and oxygen atoms in total. The zero-order valence-corrected chi connectivity index (χ0v) is 28.9. The standard InChI is InChI=1S/C40H37FN8O3/c1-24-17-30(19-32-25(2)46-47-39(24)32)43-40(50)27-8-10-35-36(18-27)49(21-31-13-16-51-31)37(44-35)22-48-14-11-26(12-15-48)34-5-4-6-38(45-34)52-23-28-7-9-29(42-3)20-33(28)41/h4-11,17-20,31H,12-16,21-23H2,1-2H3,(H,43,50)(H,46,47). The predicted octanol–water partition coefficient (Wildman–Crippen LogP) is 7.52. The van der Waals surface area contributed by atoms with Crippen LogP contribution in [-0.4, -0.2) is 61.3 Å². The van der Waals surface area contributed by atoms with Crippen LogP contribution in [0.5, 0.6) is 5.88 Å². The molecule has 262 valence electrons. The molecular formula is C40H37FN8O3. The predicted molar refractivity (Wildman–Crippen MR) is 197 cm³/mol. The molecule has 2 aliphatic rings. The lowest BCUT2D eigenvalue weighted by Crippen LogP contribution is -2.33. The number of anilines is 1. The van der Waals surface area contributed by atoms with Crippen molar-refractivity contribution in [3.05, 3.63) is 124 Å². The van der Waals surface area contributed by atoms with Crippen molar-refractivity contribution in [1.82, 2.24) is 29.6 Å². The fourth-order valence-corrected chi connectivity index (χ4v) is 6.80. The van der Waals surface area contributed by atoms with Gasteiger partial charge in [-0.25, -0.2) is 19.2 Å². The maximum Gasteiger partial charge on any atom is 0.255 e. The second-order valence-corrected chi connectivity index (χ2v) is 13.4. The highest BCUT2D eigenvalue weighted by molar-refractivity contribution is 6.07. The van der Waals surface area contributed by atoms with Crippen LogP contribution in [0.4, 0.5) is 15.8 Å². The molecule has 8 rings (SSSR count). The molecule has 0 aliphatic carbocycles. The first-order valence-corrected chi connectivity index (χ1v) is 17.4. The Labute approximate surface area is 299 Å². The molecule has 0 spiro atoms. The van der Waals surface area contributed by atoms with E-state index in [-0.39, 0.29) is 24.3 Å². The number of ether oxygens (including phenoxy) is 2. The van der Waals surface area contributed by atoms with Crippen LogP contribution in [0.1, 0.15) is 51.5 Å². The highest BCUT2D eigenvalue weighted by atomic mass is 19.1. The highest BCUT2D eigenvalue weighted by Gasteiger charge is 2.24. The number of fused-ring (bicyclic) bond motifs is 2. The molecule has 2 aliphatic heterocycles. The topological polar surface area (TPSA) is 115 Å². The lowest BCUT2D eigenvalue weighted by Gasteiger charge is -2.29. The van der Waals surface area contributed by atoms with Crippen molar-refractivity contribution in [3.63, 3.8) is 0 Å². The van der Waals surface area contributed by atoms with Crippen molar-refractivity contribution in [2.24, 2.45) is 0 Å². The molecule has 1 atom stereocenters. The first kappa shape index (κ1) is 33.3. The molecule has 1 saturated heterocycles. The Kier molecular flexibility index (Phi) is 8.97. The maximum atomic E-state index is 14.4. The fraction of sp³-hybridized carbons (Fsp3) is 0.275. The van der Waals surface area contributed by atoms with E-state index in [1.54, 1.807) is 18.2 Å². The quantitative estimate of drug-likeness (QED) is 0.142. The largest absolute Gasteiger partial charge is 0.473 e. The van der Waals surface area contributed by atoms with Crippen LogP contribution in [0, 0.1) is 26.2 Å². The molecule has 0 saturated carbocycles. The number of aromatic amines is 1. The first-order valence-electron chi connectivity index (χ1n) is 17.4. The molecule has 0 radical (unpaired) electrons. The molecule has 6 aromatic rings. The fourth-order valence-electron chi connectivity index (χ4n) is 6.80. The number of pyridine rings is 1. The summed E-state index contributed by atoms with van der Waals surface area (Å²) >= 11 is 0. The Bertz CT molecular complexity index is 2400. The van der Waals surface area contributed by atoms with Gasteiger partial charge < -0.3 is 19.4 Å². The number of hydrogen-bond donors (Lipinski definition) is 2. The van der Waals surface area contributed by atoms with E-state index in [1.807, 2.05) is 56.3 Å². The molecule has 1 fully saturated rings. The summed E-state index contributed by atoms with van der Waals surface area (Å²) in [5.41, 5.74) is 8.46. The van der Waals surface area contributed by atoms with Gasteiger partial charge in [-0.2, -0.15) is 5.10 Å². The minimum Gasteiger partial charge on any atom is -0.473 e. The number of amides is 1. The van der Waals surface area contributed by atoms with Gasteiger partial charge in [0.15, 0.2) is 5.69 Å². The third-order valence-electron chi connectivity index (χ3n) is 9.82. The summed E-state index contributed by atoms with van der Waals surface area (Å²) in [6.07, 6.45) is 4.09. The van der Waals surface area contributed by atoms with Crippen molar-refractivity contribution >= 4 is 44.8 Å². The van der Waals surface area contributed by atoms with Crippen LogP contribution < -0.4 is 10.1 Å². The van der Waals surface area contributed by atoms with Gasteiger partial charge in [0.2, 0.25) is 5.88 Å². The number of carbonyl (C=O) groups excluding carboxylic acids is 1. The third-order valence-corrected chi connectivity index (χ3v) is 9.82. The highest BCUT2D eigenvalue weighted by Crippen LogP contribution is 2.28. The molecule has 0 bridgehead atoms. The molecule has 12 heteroatoms. The zero-order valence-electron chi connectivity index (χ0n) is 28.9. The second-order valence-electron chi connectivity index (χ2n) is 13.4. The van der Waals surface area contributed by atoms with E-state index in [0.29, 0.717) is 30.1 Å². The van der Waals surface area contributed by atoms with Gasteiger partial charge >= 0.3 is 0 Å². The van der Waals surface area contributed by atoms with Crippen LogP contribution in [0.15, 0.2) is 72.8 Å². The van der Waals surface area contributed by atoms with Gasteiger partial charge in [-0.1, -0.05) is 24.3 Å². The first-order chi connectivity index (χ1) is 25.3. The van der Waals surface area contributed by atoms with Gasteiger partial charge in [0.1, 0.15) is 18.2 Å². The second kappa shape index (κ2) is 14.0. The van der Waals surface area contributed by atoms with Crippen LogP contribution in [0.2, 0.25) is 0 Å². The monoisotopic (exact) mass is 696 g/mol. The number of aromatic nitrogens is 5. The third kappa shape index (κ3) is 6.76. The van der Waals surface area contributed by atoms with Crippen LogP contribution in [-0.2, 0) is 24.4 Å². The van der Waals surface area contributed by atoms with E-state index in [9.17, 15) is 9.18 Å². The molecule has 5 heterocycles. The number of carbonyl (C=O) groups is 1. The summed E-state index contributed by atoms with van der Waals surface area (Å²) in [5, 5.41) is 11.5. The number of benzene rings is 3. The lowest BCUT2D eigenvalue weighted by molar-refractivity contribution is -0.0591. The smallest absolute Gasteiger partial charge is 0.255 e. The van der Waals surface area contributed by atoms with Gasteiger partial charge in [0, 0.05) is 53.7 Å². The van der Waals surface area contributed by atoms with E-state index in [0.717, 1.165) is 88.5 Å². The Balaban J connectivity index is 0.969. The number of nitrogens with zero attached hydrogens (tertiary/aromatic N) is 6. The number of aryl methyl sites for hydroxylation is 2. The molecular weight excluding hydrogens is 659 g/mol. The normalized spacial score (nSPS) is 16.0. The Morgan fingerprint density at radius 3 is 2.79 bits per heavy atom. The summed E-state index contributed by atoms with van der Waals surface area (Å²) in [7, 11) is 0. The van der Waals surface area contributed by atoms with Crippen LogP contribution >= 0.6 is 0 Å². The Morgan fingerprint density at radius 1 is 1.13 bits per heavy atom. The number of rotatable bonds is 10. The SMILES string of the molecule is [C-]#[N+]c1ccc(COc2cccc(C3=CCN(Cc4nc5ccc(C(=O)Nc6cc(C)c7n[nH]c(C)c7c6)cc5n4CC4CCO4)CC3)n2)c(F)c1. The van der Waals surface area contributed by atoms with Gasteiger partial charge in [-0.15, -0.1) is 0 Å². The summed E-state index contributed by atoms with van der Waals surface area (Å²) in [6, 6.07) is 19.6.